The fourth-order valence-corrected chi connectivity index (χ4v) is 4.56. The van der Waals surface area contributed by atoms with E-state index in [9.17, 15) is 9.90 Å². The maximum atomic E-state index is 12.9. The first-order valence-electron chi connectivity index (χ1n) is 8.21. The van der Waals surface area contributed by atoms with E-state index >= 15 is 0 Å². The van der Waals surface area contributed by atoms with Crippen LogP contribution in [0.1, 0.15) is 37.1 Å². The summed E-state index contributed by atoms with van der Waals surface area (Å²) in [4.78, 5) is 18.5. The SMILES string of the molecule is CC(C(=O)N1CCc2sccc2C1)N1CCCC(C)(CO)C1. The molecule has 1 saturated heterocycles. The highest BCUT2D eigenvalue weighted by Gasteiger charge is 2.36. The minimum Gasteiger partial charge on any atom is -0.396 e. The molecule has 2 aliphatic heterocycles. The van der Waals surface area contributed by atoms with Gasteiger partial charge in [-0.2, -0.15) is 0 Å². The fraction of sp³-hybridized carbons (Fsp3) is 0.706. The van der Waals surface area contributed by atoms with Gasteiger partial charge in [0.15, 0.2) is 0 Å². The van der Waals surface area contributed by atoms with Gasteiger partial charge in [0.1, 0.15) is 0 Å². The number of aliphatic hydroxyl groups is 1. The van der Waals surface area contributed by atoms with E-state index in [0.29, 0.717) is 0 Å². The molecule has 0 spiro atoms. The molecule has 0 aliphatic carbocycles. The van der Waals surface area contributed by atoms with Crippen molar-refractivity contribution < 1.29 is 9.90 Å². The largest absolute Gasteiger partial charge is 0.396 e. The zero-order valence-electron chi connectivity index (χ0n) is 13.5. The van der Waals surface area contributed by atoms with Gasteiger partial charge < -0.3 is 10.0 Å². The average molecular weight is 322 g/mol. The summed E-state index contributed by atoms with van der Waals surface area (Å²) < 4.78 is 0. The van der Waals surface area contributed by atoms with E-state index in [1.165, 1.54) is 10.4 Å². The molecule has 0 radical (unpaired) electrons. The Kier molecular flexibility index (Phi) is 4.57. The van der Waals surface area contributed by atoms with Gasteiger partial charge in [-0.05, 0) is 49.7 Å². The smallest absolute Gasteiger partial charge is 0.239 e. The van der Waals surface area contributed by atoms with Crippen molar-refractivity contribution in [1.29, 1.82) is 0 Å². The lowest BCUT2D eigenvalue weighted by atomic mass is 9.82. The lowest BCUT2D eigenvalue weighted by molar-refractivity contribution is -0.139. The molecular formula is C17H26N2O2S. The molecule has 4 nitrogen and oxygen atoms in total. The van der Waals surface area contributed by atoms with Crippen LogP contribution in [0.2, 0.25) is 0 Å². The highest BCUT2D eigenvalue weighted by Crippen LogP contribution is 2.31. The van der Waals surface area contributed by atoms with Crippen molar-refractivity contribution in [2.75, 3.05) is 26.2 Å². The van der Waals surface area contributed by atoms with E-state index in [-0.39, 0.29) is 24.0 Å². The first-order chi connectivity index (χ1) is 10.5. The van der Waals surface area contributed by atoms with E-state index in [0.717, 1.165) is 45.4 Å². The molecule has 3 rings (SSSR count). The lowest BCUT2D eigenvalue weighted by Gasteiger charge is -2.43. The molecule has 0 bridgehead atoms. The molecule has 0 saturated carbocycles. The third-order valence-corrected chi connectivity index (χ3v) is 6.24. The monoisotopic (exact) mass is 322 g/mol. The van der Waals surface area contributed by atoms with Gasteiger partial charge >= 0.3 is 0 Å². The summed E-state index contributed by atoms with van der Waals surface area (Å²) in [6, 6.07) is 2.06. The zero-order valence-corrected chi connectivity index (χ0v) is 14.4. The quantitative estimate of drug-likeness (QED) is 0.927. The van der Waals surface area contributed by atoms with Crippen molar-refractivity contribution in [3.05, 3.63) is 21.9 Å². The van der Waals surface area contributed by atoms with Gasteiger partial charge in [-0.25, -0.2) is 0 Å². The molecule has 1 aromatic rings. The number of piperidine rings is 1. The number of hydrogen-bond acceptors (Lipinski definition) is 4. The van der Waals surface area contributed by atoms with Gasteiger partial charge in [-0.3, -0.25) is 9.69 Å². The zero-order chi connectivity index (χ0) is 15.7. The van der Waals surface area contributed by atoms with Crippen LogP contribution in [-0.2, 0) is 17.8 Å². The summed E-state index contributed by atoms with van der Waals surface area (Å²) in [5.41, 5.74) is 1.26. The summed E-state index contributed by atoms with van der Waals surface area (Å²) in [7, 11) is 0. The molecule has 1 amide bonds. The third-order valence-electron chi connectivity index (χ3n) is 5.22. The Morgan fingerprint density at radius 3 is 3.09 bits per heavy atom. The number of aliphatic hydroxyl groups excluding tert-OH is 1. The van der Waals surface area contributed by atoms with Gasteiger partial charge in [0.2, 0.25) is 5.91 Å². The van der Waals surface area contributed by atoms with Crippen LogP contribution in [0.25, 0.3) is 0 Å². The Morgan fingerprint density at radius 1 is 1.50 bits per heavy atom. The van der Waals surface area contributed by atoms with Crippen LogP contribution >= 0.6 is 11.3 Å². The predicted octanol–water partition coefficient (Wildman–Crippen LogP) is 2.12. The fourth-order valence-electron chi connectivity index (χ4n) is 3.67. The number of carbonyl (C=O) groups is 1. The lowest BCUT2D eigenvalue weighted by Crippen LogP contribution is -2.53. The molecule has 1 fully saturated rings. The molecular weight excluding hydrogens is 296 g/mol. The standard InChI is InChI=1S/C17H26N2O2S/c1-13(19-7-3-6-17(2,11-19)12-20)16(21)18-8-4-15-14(10-18)5-9-22-15/h5,9,13,20H,3-4,6-8,10-12H2,1-2H3. The van der Waals surface area contributed by atoms with Crippen molar-refractivity contribution >= 4 is 17.2 Å². The summed E-state index contributed by atoms with van der Waals surface area (Å²) in [6.45, 7) is 7.71. The molecule has 2 aliphatic rings. The minimum absolute atomic E-state index is 0.0603. The maximum absolute atomic E-state index is 12.9. The number of rotatable bonds is 3. The first kappa shape index (κ1) is 16.0. The van der Waals surface area contributed by atoms with Crippen LogP contribution in [0.4, 0.5) is 0 Å². The normalized spacial score (nSPS) is 27.5. The summed E-state index contributed by atoms with van der Waals surface area (Å²) in [5.74, 6) is 0.235. The number of fused-ring (bicyclic) bond motifs is 1. The molecule has 2 unspecified atom stereocenters. The Balaban J connectivity index is 1.65. The van der Waals surface area contributed by atoms with E-state index < -0.39 is 0 Å². The predicted molar refractivity (Wildman–Crippen MR) is 88.9 cm³/mol. The minimum atomic E-state index is -0.0913. The molecule has 122 valence electrons. The average Bonchev–Trinajstić information content (AvgIpc) is 3.01. The van der Waals surface area contributed by atoms with Crippen molar-refractivity contribution in [1.82, 2.24) is 9.80 Å². The third kappa shape index (κ3) is 3.07. The molecule has 22 heavy (non-hydrogen) atoms. The van der Waals surface area contributed by atoms with Crippen LogP contribution in [0.15, 0.2) is 11.4 Å². The van der Waals surface area contributed by atoms with Crippen LogP contribution < -0.4 is 0 Å². The summed E-state index contributed by atoms with van der Waals surface area (Å²) in [6.07, 6.45) is 3.09. The van der Waals surface area contributed by atoms with Gasteiger partial charge in [-0.1, -0.05) is 6.92 Å². The van der Waals surface area contributed by atoms with E-state index in [2.05, 4.69) is 23.3 Å². The van der Waals surface area contributed by atoms with Gasteiger partial charge in [0.25, 0.3) is 0 Å². The first-order valence-corrected chi connectivity index (χ1v) is 9.09. The highest BCUT2D eigenvalue weighted by atomic mass is 32.1. The number of amides is 1. The van der Waals surface area contributed by atoms with E-state index in [1.54, 1.807) is 11.3 Å². The second-order valence-corrected chi connectivity index (χ2v) is 8.10. The number of thiophene rings is 1. The maximum Gasteiger partial charge on any atom is 0.239 e. The van der Waals surface area contributed by atoms with Crippen molar-refractivity contribution in [2.24, 2.45) is 5.41 Å². The number of likely N-dealkylation sites (tertiary alicyclic amines) is 1. The Bertz CT molecular complexity index is 545. The molecule has 3 heterocycles. The summed E-state index contributed by atoms with van der Waals surface area (Å²) >= 11 is 1.80. The number of nitrogens with zero attached hydrogens (tertiary/aromatic N) is 2. The van der Waals surface area contributed by atoms with Gasteiger partial charge in [0.05, 0.1) is 6.04 Å². The van der Waals surface area contributed by atoms with E-state index in [1.807, 2.05) is 11.8 Å². The number of hydrogen-bond donors (Lipinski definition) is 1. The Morgan fingerprint density at radius 2 is 2.32 bits per heavy atom. The van der Waals surface area contributed by atoms with Crippen molar-refractivity contribution in [2.45, 2.75) is 45.7 Å². The molecule has 1 N–H and O–H groups in total. The second-order valence-electron chi connectivity index (χ2n) is 7.10. The Labute approximate surface area is 136 Å². The molecule has 2 atom stereocenters. The summed E-state index contributed by atoms with van der Waals surface area (Å²) in [5, 5.41) is 11.7. The second kappa shape index (κ2) is 6.30. The topological polar surface area (TPSA) is 43.8 Å². The molecule has 0 aromatic carbocycles. The molecule has 5 heteroatoms. The van der Waals surface area contributed by atoms with Crippen LogP contribution in [-0.4, -0.2) is 53.1 Å². The van der Waals surface area contributed by atoms with Crippen molar-refractivity contribution in [3.8, 4) is 0 Å². The van der Waals surface area contributed by atoms with Gasteiger partial charge in [-0.15, -0.1) is 11.3 Å². The highest BCUT2D eigenvalue weighted by molar-refractivity contribution is 7.10. The van der Waals surface area contributed by atoms with Crippen molar-refractivity contribution in [3.63, 3.8) is 0 Å². The number of carbonyl (C=O) groups excluding carboxylic acids is 1. The van der Waals surface area contributed by atoms with Gasteiger partial charge in [0, 0.05) is 36.5 Å². The van der Waals surface area contributed by atoms with Crippen LogP contribution in [0.5, 0.6) is 0 Å². The Hall–Kier alpha value is -0.910. The molecule has 1 aromatic heterocycles. The van der Waals surface area contributed by atoms with Crippen LogP contribution in [0, 0.1) is 5.41 Å². The van der Waals surface area contributed by atoms with E-state index in [4.69, 9.17) is 0 Å². The van der Waals surface area contributed by atoms with Crippen LogP contribution in [0.3, 0.4) is 0 Å².